The second-order valence-corrected chi connectivity index (χ2v) is 6.68. The first-order valence-corrected chi connectivity index (χ1v) is 8.71. The van der Waals surface area contributed by atoms with Gasteiger partial charge in [0.1, 0.15) is 18.0 Å². The van der Waals surface area contributed by atoms with Crippen molar-refractivity contribution in [2.24, 2.45) is 0 Å². The Morgan fingerprint density at radius 2 is 2.08 bits per heavy atom. The smallest absolute Gasteiger partial charge is 0.227 e. The van der Waals surface area contributed by atoms with Gasteiger partial charge in [-0.2, -0.15) is 0 Å². The predicted octanol–water partition coefficient (Wildman–Crippen LogP) is 1.60. The van der Waals surface area contributed by atoms with Crippen molar-refractivity contribution < 1.29 is 19.4 Å². The minimum absolute atomic E-state index is 0.0454. The average Bonchev–Trinajstić information content (AvgIpc) is 2.84. The van der Waals surface area contributed by atoms with Gasteiger partial charge in [-0.05, 0) is 36.2 Å². The summed E-state index contributed by atoms with van der Waals surface area (Å²) in [5.41, 5.74) is 0.651. The van der Waals surface area contributed by atoms with Gasteiger partial charge in [-0.3, -0.25) is 9.78 Å². The summed E-state index contributed by atoms with van der Waals surface area (Å²) in [5, 5.41) is 10.9. The lowest BCUT2D eigenvalue weighted by Gasteiger charge is -2.31. The van der Waals surface area contributed by atoms with Gasteiger partial charge < -0.3 is 19.5 Å². The topological polar surface area (TPSA) is 71.9 Å². The minimum atomic E-state index is -1.24. The summed E-state index contributed by atoms with van der Waals surface area (Å²) in [6, 6.07) is 11.3. The molecule has 1 unspecified atom stereocenters. The van der Waals surface area contributed by atoms with E-state index in [0.29, 0.717) is 13.2 Å². The number of benzene rings is 1. The summed E-state index contributed by atoms with van der Waals surface area (Å²) in [6.45, 7) is 3.19. The van der Waals surface area contributed by atoms with Crippen molar-refractivity contribution in [1.82, 2.24) is 9.88 Å². The molecule has 2 aromatic rings. The van der Waals surface area contributed by atoms with Gasteiger partial charge in [0.2, 0.25) is 5.91 Å². The molecule has 3 rings (SSSR count). The van der Waals surface area contributed by atoms with Crippen molar-refractivity contribution in [3.05, 3.63) is 59.9 Å². The third-order valence-electron chi connectivity index (χ3n) is 4.41. The zero-order valence-electron chi connectivity index (χ0n) is 14.9. The molecule has 1 fully saturated rings. The van der Waals surface area contributed by atoms with Gasteiger partial charge in [0.25, 0.3) is 0 Å². The highest BCUT2D eigenvalue weighted by atomic mass is 16.5. The van der Waals surface area contributed by atoms with Crippen LogP contribution in [0.5, 0.6) is 5.75 Å². The molecular weight excluding hydrogens is 332 g/mol. The van der Waals surface area contributed by atoms with Gasteiger partial charge in [-0.15, -0.1) is 0 Å². The van der Waals surface area contributed by atoms with E-state index in [9.17, 15) is 9.90 Å². The molecule has 0 radical (unpaired) electrons. The maximum absolute atomic E-state index is 12.6. The highest BCUT2D eigenvalue weighted by Crippen LogP contribution is 2.20. The van der Waals surface area contributed by atoms with Gasteiger partial charge in [-0.1, -0.05) is 18.2 Å². The molecule has 1 aliphatic heterocycles. The SMILES string of the molecule is Cc1ccccc1OCC1(O)COCCN(C(=O)Cc2ccncc2)C1. The molecule has 1 aromatic heterocycles. The van der Waals surface area contributed by atoms with Crippen LogP contribution < -0.4 is 4.74 Å². The van der Waals surface area contributed by atoms with Gasteiger partial charge in [0.05, 0.1) is 26.2 Å². The molecule has 1 atom stereocenters. The van der Waals surface area contributed by atoms with Crippen LogP contribution in [0.2, 0.25) is 0 Å². The van der Waals surface area contributed by atoms with Gasteiger partial charge in [0, 0.05) is 18.9 Å². The molecule has 0 aliphatic carbocycles. The Morgan fingerprint density at radius 1 is 1.31 bits per heavy atom. The van der Waals surface area contributed by atoms with Crippen molar-refractivity contribution in [3.8, 4) is 5.75 Å². The van der Waals surface area contributed by atoms with E-state index in [2.05, 4.69) is 4.98 Å². The van der Waals surface area contributed by atoms with Crippen LogP contribution in [-0.4, -0.2) is 59.4 Å². The largest absolute Gasteiger partial charge is 0.490 e. The fourth-order valence-corrected chi connectivity index (χ4v) is 2.93. The van der Waals surface area contributed by atoms with E-state index in [1.54, 1.807) is 17.3 Å². The molecule has 1 aliphatic rings. The number of pyridine rings is 1. The maximum atomic E-state index is 12.6. The highest BCUT2D eigenvalue weighted by Gasteiger charge is 2.35. The number of carbonyl (C=O) groups is 1. The molecule has 138 valence electrons. The Bertz CT molecular complexity index is 738. The third-order valence-corrected chi connectivity index (χ3v) is 4.41. The summed E-state index contributed by atoms with van der Waals surface area (Å²) >= 11 is 0. The summed E-state index contributed by atoms with van der Waals surface area (Å²) in [6.07, 6.45) is 3.61. The van der Waals surface area contributed by atoms with Gasteiger partial charge >= 0.3 is 0 Å². The molecule has 26 heavy (non-hydrogen) atoms. The Morgan fingerprint density at radius 3 is 2.85 bits per heavy atom. The number of carbonyl (C=O) groups excluding carboxylic acids is 1. The van der Waals surface area contributed by atoms with Crippen LogP contribution in [0.15, 0.2) is 48.8 Å². The molecule has 6 nitrogen and oxygen atoms in total. The number of aromatic nitrogens is 1. The fraction of sp³-hybridized carbons (Fsp3) is 0.400. The number of para-hydroxylation sites is 1. The number of β-amino-alcohol motifs (C(OH)–C–C–N with tert-alkyl or cyclic N) is 1. The molecule has 6 heteroatoms. The second-order valence-electron chi connectivity index (χ2n) is 6.68. The van der Waals surface area contributed by atoms with Crippen LogP contribution >= 0.6 is 0 Å². The van der Waals surface area contributed by atoms with E-state index < -0.39 is 5.60 Å². The van der Waals surface area contributed by atoms with Crippen LogP contribution in [-0.2, 0) is 16.0 Å². The first kappa shape index (κ1) is 18.4. The Labute approximate surface area is 153 Å². The Kier molecular flexibility index (Phi) is 5.85. The average molecular weight is 356 g/mol. The molecule has 1 aromatic carbocycles. The summed E-state index contributed by atoms with van der Waals surface area (Å²) < 4.78 is 11.3. The number of rotatable bonds is 5. The van der Waals surface area contributed by atoms with Crippen molar-refractivity contribution in [2.45, 2.75) is 18.9 Å². The van der Waals surface area contributed by atoms with Gasteiger partial charge in [-0.25, -0.2) is 0 Å². The molecular formula is C20H24N2O4. The maximum Gasteiger partial charge on any atom is 0.227 e. The summed E-state index contributed by atoms with van der Waals surface area (Å²) in [7, 11) is 0. The van der Waals surface area contributed by atoms with Crippen molar-refractivity contribution >= 4 is 5.91 Å². The molecule has 1 N–H and O–H groups in total. The molecule has 1 saturated heterocycles. The fourth-order valence-electron chi connectivity index (χ4n) is 2.93. The summed E-state index contributed by atoms with van der Waals surface area (Å²) in [5.74, 6) is 0.677. The zero-order chi connectivity index (χ0) is 18.4. The van der Waals surface area contributed by atoms with Crippen molar-refractivity contribution in [1.29, 1.82) is 0 Å². The van der Waals surface area contributed by atoms with E-state index in [0.717, 1.165) is 16.9 Å². The third kappa shape index (κ3) is 4.80. The zero-order valence-corrected chi connectivity index (χ0v) is 14.9. The summed E-state index contributed by atoms with van der Waals surface area (Å²) in [4.78, 5) is 18.2. The first-order chi connectivity index (χ1) is 12.6. The van der Waals surface area contributed by atoms with Crippen molar-refractivity contribution in [3.63, 3.8) is 0 Å². The van der Waals surface area contributed by atoms with E-state index in [-0.39, 0.29) is 32.1 Å². The van der Waals surface area contributed by atoms with E-state index >= 15 is 0 Å². The molecule has 0 bridgehead atoms. The van der Waals surface area contributed by atoms with Gasteiger partial charge in [0.15, 0.2) is 0 Å². The molecule has 0 spiro atoms. The number of nitrogens with zero attached hydrogens (tertiary/aromatic N) is 2. The lowest BCUT2D eigenvalue weighted by Crippen LogP contribution is -2.50. The lowest BCUT2D eigenvalue weighted by atomic mass is 10.1. The normalized spacial score (nSPS) is 20.5. The number of aliphatic hydroxyl groups is 1. The lowest BCUT2D eigenvalue weighted by molar-refractivity contribution is -0.134. The number of hydrogen-bond donors (Lipinski definition) is 1. The second kappa shape index (κ2) is 8.29. The predicted molar refractivity (Wildman–Crippen MR) is 97.0 cm³/mol. The van der Waals surface area contributed by atoms with Crippen LogP contribution in [0.1, 0.15) is 11.1 Å². The number of hydrogen-bond acceptors (Lipinski definition) is 5. The standard InChI is InChI=1S/C20H24N2O4/c1-16-4-2-3-5-18(16)26-15-20(24)13-22(10-11-25-14-20)19(23)12-17-6-8-21-9-7-17/h2-9,24H,10-15H2,1H3. The van der Waals surface area contributed by atoms with Crippen LogP contribution in [0.3, 0.4) is 0 Å². The first-order valence-electron chi connectivity index (χ1n) is 8.71. The van der Waals surface area contributed by atoms with Crippen LogP contribution in [0.25, 0.3) is 0 Å². The highest BCUT2D eigenvalue weighted by molar-refractivity contribution is 5.78. The number of ether oxygens (including phenoxy) is 2. The Balaban J connectivity index is 1.64. The molecule has 2 heterocycles. The molecule has 1 amide bonds. The van der Waals surface area contributed by atoms with E-state index in [1.807, 2.05) is 43.3 Å². The van der Waals surface area contributed by atoms with Crippen LogP contribution in [0, 0.1) is 6.92 Å². The Hall–Kier alpha value is -2.44. The molecule has 0 saturated carbocycles. The van der Waals surface area contributed by atoms with Crippen LogP contribution in [0.4, 0.5) is 0 Å². The minimum Gasteiger partial charge on any atom is -0.490 e. The van der Waals surface area contributed by atoms with Crippen molar-refractivity contribution in [2.75, 3.05) is 32.9 Å². The quantitative estimate of drug-likeness (QED) is 0.881. The number of amides is 1. The van der Waals surface area contributed by atoms with E-state index in [4.69, 9.17) is 9.47 Å². The monoisotopic (exact) mass is 356 g/mol. The van der Waals surface area contributed by atoms with E-state index in [1.165, 1.54) is 0 Å². The number of aryl methyl sites for hydroxylation is 1.